The van der Waals surface area contributed by atoms with Crippen molar-refractivity contribution in [1.82, 2.24) is 19.8 Å². The van der Waals surface area contributed by atoms with Gasteiger partial charge in [-0.3, -0.25) is 9.69 Å². The molecule has 2 saturated heterocycles. The highest BCUT2D eigenvalue weighted by molar-refractivity contribution is 7.91. The van der Waals surface area contributed by atoms with Crippen molar-refractivity contribution in [3.05, 3.63) is 51.5 Å². The van der Waals surface area contributed by atoms with E-state index < -0.39 is 33.2 Å². The molecule has 1 aromatic carbocycles. The number of aromatic nitrogens is 2. The van der Waals surface area contributed by atoms with Crippen LogP contribution in [-0.4, -0.2) is 91.9 Å². The van der Waals surface area contributed by atoms with Crippen molar-refractivity contribution in [1.29, 1.82) is 0 Å². The van der Waals surface area contributed by atoms with Gasteiger partial charge in [0.15, 0.2) is 9.84 Å². The zero-order chi connectivity index (χ0) is 31.8. The number of anilines is 2. The highest BCUT2D eigenvalue weighted by Crippen LogP contribution is 2.46. The predicted molar refractivity (Wildman–Crippen MR) is 163 cm³/mol. The maximum atomic E-state index is 14.3. The molecule has 2 aromatic heterocycles. The van der Waals surface area contributed by atoms with Crippen molar-refractivity contribution in [2.45, 2.75) is 48.8 Å². The van der Waals surface area contributed by atoms with E-state index in [1.54, 1.807) is 0 Å². The number of thiophene rings is 1. The van der Waals surface area contributed by atoms with Crippen LogP contribution >= 0.6 is 11.3 Å². The summed E-state index contributed by atoms with van der Waals surface area (Å²) >= 11 is 0.718. The number of hydrogen-bond donors (Lipinski definition) is 1. The number of fused-ring (bicyclic) bond motifs is 2. The summed E-state index contributed by atoms with van der Waals surface area (Å²) < 4.78 is 79.7. The summed E-state index contributed by atoms with van der Waals surface area (Å²) in [5.41, 5.74) is 2.75. The zero-order valence-corrected chi connectivity index (χ0v) is 26.4. The Morgan fingerprint density at radius 1 is 1.04 bits per heavy atom. The van der Waals surface area contributed by atoms with Gasteiger partial charge in [0.2, 0.25) is 5.95 Å². The minimum absolute atomic E-state index is 0.00107. The quantitative estimate of drug-likeness (QED) is 0.388. The lowest BCUT2D eigenvalue weighted by molar-refractivity contribution is -0.137. The highest BCUT2D eigenvalue weighted by atomic mass is 32.2. The van der Waals surface area contributed by atoms with E-state index >= 15 is 0 Å². The Labute approximate surface area is 267 Å². The number of carbonyl (C=O) groups is 1. The topological polar surface area (TPSA) is 114 Å². The van der Waals surface area contributed by atoms with Crippen LogP contribution in [-0.2, 0) is 38.5 Å². The molecule has 1 N–H and O–H groups in total. The van der Waals surface area contributed by atoms with E-state index in [0.717, 1.165) is 87.0 Å². The van der Waals surface area contributed by atoms with E-state index in [0.29, 0.717) is 11.8 Å². The summed E-state index contributed by atoms with van der Waals surface area (Å²) in [6, 6.07) is 5.18. The minimum Gasteiger partial charge on any atom is -0.381 e. The molecule has 0 bridgehead atoms. The van der Waals surface area contributed by atoms with Gasteiger partial charge in [-0.2, -0.15) is 13.2 Å². The molecule has 15 heteroatoms. The van der Waals surface area contributed by atoms with Crippen molar-refractivity contribution in [3.8, 4) is 10.6 Å². The lowest BCUT2D eigenvalue weighted by Crippen LogP contribution is -2.52. The second-order valence-electron chi connectivity index (χ2n) is 12.8. The number of rotatable bonds is 7. The van der Waals surface area contributed by atoms with Crippen LogP contribution in [0.5, 0.6) is 0 Å². The standard InChI is InChI=1S/C31H32F3N5O5S2/c32-31(33,34)23-10-35-30(36-24-8-19-3-4-38(11-17-13-43-14-17)12-20(19)7-22(24)18-1-2-18)37-27(23)25-9-26-28(45-25)29(40)39(21-15-44-16-21)5-6-46(26,41)42/h7-10,17-18,21H,1-6,11-16H2,(H,35,36,37). The fourth-order valence-corrected chi connectivity index (χ4v) is 9.50. The van der Waals surface area contributed by atoms with Crippen molar-refractivity contribution < 1.29 is 35.9 Å². The maximum absolute atomic E-state index is 14.3. The Bertz CT molecular complexity index is 1820. The van der Waals surface area contributed by atoms with Gasteiger partial charge in [0.1, 0.15) is 10.4 Å². The van der Waals surface area contributed by atoms with Gasteiger partial charge in [0, 0.05) is 44.0 Å². The fourth-order valence-electron chi connectivity index (χ4n) is 6.58. The smallest absolute Gasteiger partial charge is 0.381 e. The third-order valence-corrected chi connectivity index (χ3v) is 12.4. The first-order valence-electron chi connectivity index (χ1n) is 15.5. The normalized spacial score (nSPS) is 22.1. The lowest BCUT2D eigenvalue weighted by Gasteiger charge is -2.36. The summed E-state index contributed by atoms with van der Waals surface area (Å²) in [4.78, 5) is 25.3. The molecule has 0 unspecified atom stereocenters. The minimum atomic E-state index is -4.81. The van der Waals surface area contributed by atoms with E-state index in [-0.39, 0.29) is 52.2 Å². The molecule has 4 aliphatic heterocycles. The van der Waals surface area contributed by atoms with Crippen LogP contribution in [0.3, 0.4) is 0 Å². The number of alkyl halides is 3. The Kier molecular flexibility index (Phi) is 7.40. The SMILES string of the molecule is O=C1c2sc(-c3nc(Nc4cc5c(cc4C4CC4)CN(CC4COC4)CC5)ncc3C(F)(F)F)cc2S(=O)(=O)CCN1C1COC1. The third-order valence-electron chi connectivity index (χ3n) is 9.43. The molecule has 8 rings (SSSR count). The van der Waals surface area contributed by atoms with E-state index in [4.69, 9.17) is 9.47 Å². The van der Waals surface area contributed by atoms with Crippen LogP contribution in [0.25, 0.3) is 10.6 Å². The number of halogens is 3. The average Bonchev–Trinajstić information content (AvgIpc) is 3.72. The zero-order valence-electron chi connectivity index (χ0n) is 24.8. The predicted octanol–water partition coefficient (Wildman–Crippen LogP) is 4.48. The molecule has 0 atom stereocenters. The van der Waals surface area contributed by atoms with E-state index in [1.165, 1.54) is 16.0 Å². The van der Waals surface area contributed by atoms with Gasteiger partial charge < -0.3 is 19.7 Å². The monoisotopic (exact) mass is 675 g/mol. The molecule has 10 nitrogen and oxygen atoms in total. The molecule has 0 spiro atoms. The van der Waals surface area contributed by atoms with Crippen molar-refractivity contribution in [2.24, 2.45) is 5.92 Å². The van der Waals surface area contributed by atoms with Gasteiger partial charge in [-0.25, -0.2) is 18.4 Å². The lowest BCUT2D eigenvalue weighted by atomic mass is 9.93. The van der Waals surface area contributed by atoms with Gasteiger partial charge in [-0.05, 0) is 54.0 Å². The third kappa shape index (κ3) is 5.59. The summed E-state index contributed by atoms with van der Waals surface area (Å²) in [6.07, 6.45) is -1.17. The van der Waals surface area contributed by atoms with Crippen LogP contribution in [0.2, 0.25) is 0 Å². The molecule has 0 radical (unpaired) electrons. The van der Waals surface area contributed by atoms with Crippen LogP contribution in [0, 0.1) is 5.92 Å². The maximum Gasteiger partial charge on any atom is 0.420 e. The Balaban J connectivity index is 1.14. The molecule has 3 fully saturated rings. The second-order valence-corrected chi connectivity index (χ2v) is 15.9. The number of ether oxygens (including phenoxy) is 2. The average molecular weight is 676 g/mol. The second kappa shape index (κ2) is 11.3. The van der Waals surface area contributed by atoms with Crippen LogP contribution in [0.4, 0.5) is 24.8 Å². The summed E-state index contributed by atoms with van der Waals surface area (Å²) in [6.45, 7) is 4.97. The van der Waals surface area contributed by atoms with Gasteiger partial charge >= 0.3 is 6.18 Å². The number of amides is 1. The number of benzene rings is 1. The van der Waals surface area contributed by atoms with Crippen LogP contribution in [0.15, 0.2) is 29.3 Å². The number of carbonyl (C=O) groups excluding carboxylic acids is 1. The van der Waals surface area contributed by atoms with Crippen LogP contribution in [0.1, 0.15) is 50.7 Å². The molecule has 5 aliphatic rings. The molecule has 3 aromatic rings. The summed E-state index contributed by atoms with van der Waals surface area (Å²) in [5.74, 6) is 0.0491. The first kappa shape index (κ1) is 30.2. The van der Waals surface area contributed by atoms with Crippen LogP contribution < -0.4 is 5.32 Å². The van der Waals surface area contributed by atoms with Crippen molar-refractivity contribution >= 4 is 38.7 Å². The number of sulfone groups is 1. The van der Waals surface area contributed by atoms with Crippen molar-refractivity contribution in [2.75, 3.05) is 57.1 Å². The number of hydrogen-bond acceptors (Lipinski definition) is 10. The Morgan fingerprint density at radius 3 is 2.50 bits per heavy atom. The molecule has 1 amide bonds. The van der Waals surface area contributed by atoms with Crippen molar-refractivity contribution in [3.63, 3.8) is 0 Å². The molecule has 1 aliphatic carbocycles. The van der Waals surface area contributed by atoms with Gasteiger partial charge in [-0.1, -0.05) is 6.07 Å². The first-order chi connectivity index (χ1) is 22.0. The van der Waals surface area contributed by atoms with Gasteiger partial charge in [-0.15, -0.1) is 11.3 Å². The van der Waals surface area contributed by atoms with E-state index in [9.17, 15) is 26.4 Å². The van der Waals surface area contributed by atoms with E-state index in [1.807, 2.05) is 0 Å². The Morgan fingerprint density at radius 2 is 1.83 bits per heavy atom. The summed E-state index contributed by atoms with van der Waals surface area (Å²) in [7, 11) is -3.93. The molecule has 1 saturated carbocycles. The van der Waals surface area contributed by atoms with E-state index in [2.05, 4.69) is 32.3 Å². The Hall–Kier alpha value is -3.11. The molecular formula is C31H32F3N5O5S2. The van der Waals surface area contributed by atoms with Gasteiger partial charge in [0.25, 0.3) is 5.91 Å². The first-order valence-corrected chi connectivity index (χ1v) is 17.9. The molecule has 46 heavy (non-hydrogen) atoms. The van der Waals surface area contributed by atoms with Gasteiger partial charge in [0.05, 0.1) is 53.7 Å². The highest BCUT2D eigenvalue weighted by Gasteiger charge is 2.41. The molecule has 244 valence electrons. The largest absolute Gasteiger partial charge is 0.420 e. The fraction of sp³-hybridized carbons (Fsp3) is 0.516. The number of nitrogens with zero attached hydrogens (tertiary/aromatic N) is 4. The molecule has 6 heterocycles. The molecular weight excluding hydrogens is 643 g/mol. The summed E-state index contributed by atoms with van der Waals surface area (Å²) in [5, 5.41) is 3.21. The number of nitrogens with one attached hydrogen (secondary N) is 1.